The Kier molecular flexibility index (Phi) is 3.21. The molecule has 0 heterocycles. The monoisotopic (exact) mass is 209 g/mol. The topological polar surface area (TPSA) is 32.3 Å². The Bertz CT molecular complexity index is 304. The molecule has 1 saturated carbocycles. The lowest BCUT2D eigenvalue weighted by Crippen LogP contribution is -2.28. The van der Waals surface area contributed by atoms with E-state index in [1.54, 1.807) is 12.1 Å². The van der Waals surface area contributed by atoms with Crippen LogP contribution in [0.1, 0.15) is 25.7 Å². The number of aliphatic hydroxyl groups excluding tert-OH is 1. The Morgan fingerprint density at radius 2 is 1.67 bits per heavy atom. The molecule has 1 aromatic carbocycles. The zero-order valence-corrected chi connectivity index (χ0v) is 8.62. The molecule has 2 N–H and O–H groups in total. The van der Waals surface area contributed by atoms with Crippen LogP contribution in [0.2, 0.25) is 0 Å². The van der Waals surface area contributed by atoms with Gasteiger partial charge in [-0.1, -0.05) is 0 Å². The fraction of sp³-hybridized carbons (Fsp3) is 0.500. The van der Waals surface area contributed by atoms with Crippen LogP contribution < -0.4 is 5.32 Å². The van der Waals surface area contributed by atoms with Crippen molar-refractivity contribution >= 4 is 5.69 Å². The summed E-state index contributed by atoms with van der Waals surface area (Å²) in [5.74, 6) is -0.209. The molecule has 3 heteroatoms. The summed E-state index contributed by atoms with van der Waals surface area (Å²) in [7, 11) is 0. The second kappa shape index (κ2) is 4.62. The van der Waals surface area contributed by atoms with Crippen LogP contribution in [0.25, 0.3) is 0 Å². The second-order valence-corrected chi connectivity index (χ2v) is 4.16. The molecule has 0 bridgehead atoms. The SMILES string of the molecule is OC1CCC(Nc2ccc(F)cc2)CC1. The molecule has 0 aliphatic heterocycles. The third-order valence-corrected chi connectivity index (χ3v) is 2.91. The largest absolute Gasteiger partial charge is 0.393 e. The van der Waals surface area contributed by atoms with Crippen molar-refractivity contribution in [2.75, 3.05) is 5.32 Å². The van der Waals surface area contributed by atoms with Gasteiger partial charge in [0.15, 0.2) is 0 Å². The molecule has 0 aromatic heterocycles. The molecule has 1 fully saturated rings. The maximum atomic E-state index is 12.7. The standard InChI is InChI=1S/C12H16FNO/c13-9-1-3-10(4-2-9)14-11-5-7-12(15)8-6-11/h1-4,11-12,14-15H,5-8H2. The summed E-state index contributed by atoms with van der Waals surface area (Å²) >= 11 is 0. The molecule has 1 aliphatic rings. The summed E-state index contributed by atoms with van der Waals surface area (Å²) < 4.78 is 12.7. The van der Waals surface area contributed by atoms with Crippen LogP contribution in [-0.2, 0) is 0 Å². The van der Waals surface area contributed by atoms with Gasteiger partial charge in [-0.05, 0) is 49.9 Å². The van der Waals surface area contributed by atoms with Crippen LogP contribution in [0.3, 0.4) is 0 Å². The third kappa shape index (κ3) is 2.93. The lowest BCUT2D eigenvalue weighted by molar-refractivity contribution is 0.126. The minimum atomic E-state index is -0.209. The molecule has 15 heavy (non-hydrogen) atoms. The first-order valence-corrected chi connectivity index (χ1v) is 5.44. The fourth-order valence-corrected chi connectivity index (χ4v) is 2.00. The van der Waals surface area contributed by atoms with Gasteiger partial charge in [-0.25, -0.2) is 4.39 Å². The van der Waals surface area contributed by atoms with Crippen LogP contribution in [0.15, 0.2) is 24.3 Å². The maximum Gasteiger partial charge on any atom is 0.123 e. The highest BCUT2D eigenvalue weighted by Crippen LogP contribution is 2.22. The number of nitrogens with one attached hydrogen (secondary N) is 1. The summed E-state index contributed by atoms with van der Waals surface area (Å²) in [6.45, 7) is 0. The van der Waals surface area contributed by atoms with E-state index in [2.05, 4.69) is 5.32 Å². The lowest BCUT2D eigenvalue weighted by atomic mass is 9.93. The fourth-order valence-electron chi connectivity index (χ4n) is 2.00. The summed E-state index contributed by atoms with van der Waals surface area (Å²) in [4.78, 5) is 0. The number of hydrogen-bond donors (Lipinski definition) is 2. The van der Waals surface area contributed by atoms with E-state index in [4.69, 9.17) is 0 Å². The Hall–Kier alpha value is -1.09. The first-order chi connectivity index (χ1) is 7.24. The third-order valence-electron chi connectivity index (χ3n) is 2.91. The number of aliphatic hydroxyl groups is 1. The van der Waals surface area contributed by atoms with Crippen molar-refractivity contribution in [1.82, 2.24) is 0 Å². The Morgan fingerprint density at radius 3 is 2.27 bits per heavy atom. The number of hydrogen-bond acceptors (Lipinski definition) is 2. The second-order valence-electron chi connectivity index (χ2n) is 4.16. The minimum Gasteiger partial charge on any atom is -0.393 e. The first-order valence-electron chi connectivity index (χ1n) is 5.44. The molecule has 1 aliphatic carbocycles. The highest BCUT2D eigenvalue weighted by molar-refractivity contribution is 5.43. The average molecular weight is 209 g/mol. The van der Waals surface area contributed by atoms with Crippen molar-refractivity contribution in [2.45, 2.75) is 37.8 Å². The molecule has 0 spiro atoms. The molecule has 0 saturated heterocycles. The predicted molar refractivity (Wildman–Crippen MR) is 58.3 cm³/mol. The average Bonchev–Trinajstić information content (AvgIpc) is 2.25. The first kappa shape index (κ1) is 10.4. The molecule has 2 rings (SSSR count). The van der Waals surface area contributed by atoms with Gasteiger partial charge in [0, 0.05) is 11.7 Å². The summed E-state index contributed by atoms with van der Waals surface area (Å²) in [5.41, 5.74) is 0.956. The predicted octanol–water partition coefficient (Wildman–Crippen LogP) is 2.54. The van der Waals surface area contributed by atoms with Gasteiger partial charge < -0.3 is 10.4 Å². The molecule has 0 radical (unpaired) electrons. The molecule has 0 unspecified atom stereocenters. The van der Waals surface area contributed by atoms with Crippen molar-refractivity contribution in [1.29, 1.82) is 0 Å². The normalized spacial score (nSPS) is 26.3. The number of halogens is 1. The molecule has 0 atom stereocenters. The van der Waals surface area contributed by atoms with Gasteiger partial charge >= 0.3 is 0 Å². The smallest absolute Gasteiger partial charge is 0.123 e. The van der Waals surface area contributed by atoms with E-state index in [1.165, 1.54) is 12.1 Å². The Balaban J connectivity index is 1.89. The molecule has 1 aromatic rings. The summed E-state index contributed by atoms with van der Waals surface area (Å²) in [5, 5.41) is 12.7. The van der Waals surface area contributed by atoms with Gasteiger partial charge in [0.2, 0.25) is 0 Å². The van der Waals surface area contributed by atoms with Crippen LogP contribution in [-0.4, -0.2) is 17.3 Å². The summed E-state index contributed by atoms with van der Waals surface area (Å²) in [6, 6.07) is 6.83. The zero-order valence-electron chi connectivity index (χ0n) is 8.62. The minimum absolute atomic E-state index is 0.128. The van der Waals surface area contributed by atoms with Gasteiger partial charge in [0.1, 0.15) is 5.82 Å². The van der Waals surface area contributed by atoms with Gasteiger partial charge in [-0.2, -0.15) is 0 Å². The number of benzene rings is 1. The van der Waals surface area contributed by atoms with E-state index in [0.717, 1.165) is 31.4 Å². The number of rotatable bonds is 2. The van der Waals surface area contributed by atoms with Gasteiger partial charge in [0.05, 0.1) is 6.10 Å². The van der Waals surface area contributed by atoms with Crippen LogP contribution in [0, 0.1) is 5.82 Å². The Morgan fingerprint density at radius 1 is 1.07 bits per heavy atom. The highest BCUT2D eigenvalue weighted by atomic mass is 19.1. The maximum absolute atomic E-state index is 12.7. The van der Waals surface area contributed by atoms with E-state index in [1.807, 2.05) is 0 Å². The molecule has 82 valence electrons. The van der Waals surface area contributed by atoms with E-state index in [9.17, 15) is 9.50 Å². The lowest BCUT2D eigenvalue weighted by Gasteiger charge is -2.27. The van der Waals surface area contributed by atoms with Crippen molar-refractivity contribution in [3.05, 3.63) is 30.1 Å². The van der Waals surface area contributed by atoms with Crippen LogP contribution in [0.5, 0.6) is 0 Å². The molecule has 2 nitrogen and oxygen atoms in total. The Labute approximate surface area is 89.1 Å². The highest BCUT2D eigenvalue weighted by Gasteiger charge is 2.18. The van der Waals surface area contributed by atoms with E-state index >= 15 is 0 Å². The molecular formula is C12H16FNO. The van der Waals surface area contributed by atoms with E-state index in [-0.39, 0.29) is 11.9 Å². The van der Waals surface area contributed by atoms with Crippen molar-refractivity contribution in [3.63, 3.8) is 0 Å². The molecular weight excluding hydrogens is 193 g/mol. The van der Waals surface area contributed by atoms with Crippen molar-refractivity contribution in [3.8, 4) is 0 Å². The zero-order chi connectivity index (χ0) is 10.7. The number of anilines is 1. The quantitative estimate of drug-likeness (QED) is 0.784. The van der Waals surface area contributed by atoms with Crippen molar-refractivity contribution in [2.24, 2.45) is 0 Å². The van der Waals surface area contributed by atoms with Crippen LogP contribution >= 0.6 is 0 Å². The van der Waals surface area contributed by atoms with E-state index in [0.29, 0.717) is 6.04 Å². The van der Waals surface area contributed by atoms with Crippen molar-refractivity contribution < 1.29 is 9.50 Å². The van der Waals surface area contributed by atoms with Gasteiger partial charge in [-0.15, -0.1) is 0 Å². The van der Waals surface area contributed by atoms with Gasteiger partial charge in [0.25, 0.3) is 0 Å². The summed E-state index contributed by atoms with van der Waals surface area (Å²) in [6.07, 6.45) is 3.56. The van der Waals surface area contributed by atoms with E-state index < -0.39 is 0 Å². The van der Waals surface area contributed by atoms with Gasteiger partial charge in [-0.3, -0.25) is 0 Å². The van der Waals surface area contributed by atoms with Crippen LogP contribution in [0.4, 0.5) is 10.1 Å². The molecule has 0 amide bonds.